The minimum atomic E-state index is -1.29. The molecule has 3 rings (SSSR count). The monoisotopic (exact) mass is 565 g/mol. The second-order valence-corrected chi connectivity index (χ2v) is 9.93. The lowest BCUT2D eigenvalue weighted by Gasteiger charge is -2.44. The summed E-state index contributed by atoms with van der Waals surface area (Å²) in [6.07, 6.45) is -4.52. The van der Waals surface area contributed by atoms with Gasteiger partial charge < -0.3 is 23.7 Å². The van der Waals surface area contributed by atoms with Crippen molar-refractivity contribution in [2.45, 2.75) is 84.9 Å². The van der Waals surface area contributed by atoms with E-state index >= 15 is 0 Å². The van der Waals surface area contributed by atoms with E-state index in [1.54, 1.807) is 6.07 Å². The number of hydrogen-bond acceptors (Lipinski definition) is 10. The molecule has 0 spiro atoms. The first-order valence-corrected chi connectivity index (χ1v) is 13.3. The van der Waals surface area contributed by atoms with Gasteiger partial charge >= 0.3 is 23.9 Å². The van der Waals surface area contributed by atoms with Crippen molar-refractivity contribution < 1.29 is 42.9 Å². The van der Waals surface area contributed by atoms with Crippen LogP contribution in [0.2, 0.25) is 0 Å². The van der Waals surface area contributed by atoms with E-state index in [0.717, 1.165) is 23.1 Å². The Morgan fingerprint density at radius 1 is 0.829 bits per heavy atom. The molecule has 0 bridgehead atoms. The van der Waals surface area contributed by atoms with Crippen molar-refractivity contribution in [3.05, 3.63) is 69.8 Å². The Kier molecular flexibility index (Phi) is 10.6. The van der Waals surface area contributed by atoms with E-state index in [1.807, 2.05) is 25.1 Å². The van der Waals surface area contributed by atoms with Crippen LogP contribution in [-0.2, 0) is 55.7 Å². The maximum atomic E-state index is 12.2. The molecule has 1 aliphatic heterocycles. The number of nitrogens with zero attached hydrogens (tertiary/aromatic N) is 1. The van der Waals surface area contributed by atoms with Crippen LogP contribution in [0, 0.1) is 18.3 Å². The Morgan fingerprint density at radius 2 is 1.39 bits per heavy atom. The molecule has 0 aliphatic carbocycles. The summed E-state index contributed by atoms with van der Waals surface area (Å²) in [6.45, 7) is 8.34. The highest BCUT2D eigenvalue weighted by molar-refractivity contribution is 5.69. The molecule has 1 heterocycles. The summed E-state index contributed by atoms with van der Waals surface area (Å²) in [7, 11) is 0. The molecular weight excluding hydrogens is 530 g/mol. The number of ether oxygens (including phenoxy) is 5. The molecule has 2 aromatic rings. The maximum absolute atomic E-state index is 12.2. The molecule has 1 aliphatic rings. The van der Waals surface area contributed by atoms with Gasteiger partial charge in [-0.2, -0.15) is 5.26 Å². The largest absolute Gasteiger partial charge is 0.463 e. The molecule has 0 N–H and O–H groups in total. The van der Waals surface area contributed by atoms with Gasteiger partial charge in [0.25, 0.3) is 0 Å². The van der Waals surface area contributed by atoms with Gasteiger partial charge in [-0.1, -0.05) is 37.3 Å². The van der Waals surface area contributed by atoms with Crippen molar-refractivity contribution in [3.63, 3.8) is 0 Å². The van der Waals surface area contributed by atoms with Gasteiger partial charge in [-0.25, -0.2) is 0 Å². The Balaban J connectivity index is 2.14. The molecule has 218 valence electrons. The maximum Gasteiger partial charge on any atom is 0.303 e. The Bertz CT molecular complexity index is 1330. The number of carbonyl (C=O) groups excluding carboxylic acids is 4. The molecule has 0 unspecified atom stereocenters. The predicted molar refractivity (Wildman–Crippen MR) is 145 cm³/mol. The van der Waals surface area contributed by atoms with Crippen molar-refractivity contribution >= 4 is 23.9 Å². The van der Waals surface area contributed by atoms with E-state index in [1.165, 1.54) is 33.3 Å². The summed E-state index contributed by atoms with van der Waals surface area (Å²) >= 11 is 0. The smallest absolute Gasteiger partial charge is 0.303 e. The fourth-order valence-corrected chi connectivity index (χ4v) is 4.87. The van der Waals surface area contributed by atoms with Crippen molar-refractivity contribution in [2.75, 3.05) is 6.61 Å². The normalized spacial score (nSPS) is 21.7. The summed E-state index contributed by atoms with van der Waals surface area (Å²) in [6, 6.07) is 13.9. The molecule has 5 atom stereocenters. The van der Waals surface area contributed by atoms with Gasteiger partial charge in [0, 0.05) is 27.7 Å². The minimum absolute atomic E-state index is 0.331. The van der Waals surface area contributed by atoms with Crippen LogP contribution >= 0.6 is 0 Å². The summed E-state index contributed by atoms with van der Waals surface area (Å²) in [5.74, 6) is -2.71. The zero-order valence-electron chi connectivity index (χ0n) is 24.1. The van der Waals surface area contributed by atoms with E-state index in [-0.39, 0.29) is 6.61 Å². The first-order valence-electron chi connectivity index (χ1n) is 13.3. The zero-order valence-corrected chi connectivity index (χ0v) is 24.1. The molecule has 0 aromatic heterocycles. The molecule has 2 aromatic carbocycles. The predicted octanol–water partition coefficient (Wildman–Crippen LogP) is 3.82. The third-order valence-corrected chi connectivity index (χ3v) is 6.80. The average molecular weight is 566 g/mol. The van der Waals surface area contributed by atoms with Gasteiger partial charge in [-0.3, -0.25) is 19.2 Å². The van der Waals surface area contributed by atoms with Gasteiger partial charge in [0.05, 0.1) is 11.6 Å². The average Bonchev–Trinajstić information content (AvgIpc) is 2.90. The van der Waals surface area contributed by atoms with Crippen molar-refractivity contribution in [1.29, 1.82) is 5.26 Å². The SMILES string of the molecule is CCc1ccc(Cc2cc([C@@H]3O[C@H](COC(C)=O)[C@@H](OC(C)=O)[C@H](OC(C)=O)[C@H]3OC(C)=O)cc(C#N)c2C)cc1. The van der Waals surface area contributed by atoms with Gasteiger partial charge in [-0.05, 0) is 53.6 Å². The number of carbonyl (C=O) groups is 4. The van der Waals surface area contributed by atoms with Gasteiger partial charge in [0.1, 0.15) is 18.8 Å². The first-order chi connectivity index (χ1) is 19.4. The molecule has 1 saturated heterocycles. The van der Waals surface area contributed by atoms with Crippen molar-refractivity contribution in [2.24, 2.45) is 0 Å². The van der Waals surface area contributed by atoms with Crippen LogP contribution in [0.5, 0.6) is 0 Å². The summed E-state index contributed by atoms with van der Waals surface area (Å²) in [5.41, 5.74) is 4.72. The molecule has 10 heteroatoms. The fourth-order valence-electron chi connectivity index (χ4n) is 4.87. The summed E-state index contributed by atoms with van der Waals surface area (Å²) < 4.78 is 28.1. The lowest BCUT2D eigenvalue weighted by molar-refractivity contribution is -0.254. The highest BCUT2D eigenvalue weighted by atomic mass is 16.7. The third-order valence-electron chi connectivity index (χ3n) is 6.80. The fraction of sp³-hybridized carbons (Fsp3) is 0.452. The van der Waals surface area contributed by atoms with Gasteiger partial charge in [-0.15, -0.1) is 0 Å². The van der Waals surface area contributed by atoms with E-state index in [2.05, 4.69) is 25.1 Å². The number of rotatable bonds is 9. The van der Waals surface area contributed by atoms with Crippen LogP contribution in [0.25, 0.3) is 0 Å². The van der Waals surface area contributed by atoms with Crippen LogP contribution in [0.15, 0.2) is 36.4 Å². The van der Waals surface area contributed by atoms with Crippen LogP contribution in [0.1, 0.15) is 74.1 Å². The molecule has 0 saturated carbocycles. The van der Waals surface area contributed by atoms with Crippen LogP contribution < -0.4 is 0 Å². The third kappa shape index (κ3) is 8.14. The van der Waals surface area contributed by atoms with E-state index in [9.17, 15) is 24.4 Å². The number of hydrogen-bond donors (Lipinski definition) is 0. The lowest BCUT2D eigenvalue weighted by atomic mass is 9.87. The molecule has 0 amide bonds. The van der Waals surface area contributed by atoms with E-state index in [4.69, 9.17) is 23.7 Å². The highest BCUT2D eigenvalue weighted by Gasteiger charge is 2.52. The molecular formula is C31H35NO9. The Morgan fingerprint density at radius 3 is 1.93 bits per heavy atom. The number of benzene rings is 2. The highest BCUT2D eigenvalue weighted by Crippen LogP contribution is 2.39. The number of aryl methyl sites for hydroxylation is 1. The van der Waals surface area contributed by atoms with E-state index in [0.29, 0.717) is 17.5 Å². The molecule has 1 fully saturated rings. The van der Waals surface area contributed by atoms with Gasteiger partial charge in [0.15, 0.2) is 18.3 Å². The standard InChI is InChI=1S/C31H35NO9/c1-7-22-8-10-23(11-9-22)12-24-13-25(14-26(15-32)17(24)2)28-30(39-20(5)35)31(40-21(6)36)29(38-19(4)34)27(41-28)16-37-18(3)33/h8-11,13-14,27-31H,7,12,16H2,1-6H3/t27-,28+,29-,30+,31+/m1/s1. The minimum Gasteiger partial charge on any atom is -0.463 e. The van der Waals surface area contributed by atoms with Crippen LogP contribution in [0.4, 0.5) is 0 Å². The Hall–Kier alpha value is -4.23. The number of nitriles is 1. The first kappa shape index (κ1) is 31.3. The number of esters is 4. The van der Waals surface area contributed by atoms with E-state index < -0.39 is 54.4 Å². The topological polar surface area (TPSA) is 138 Å². The molecule has 10 nitrogen and oxygen atoms in total. The second-order valence-electron chi connectivity index (χ2n) is 9.93. The van der Waals surface area contributed by atoms with Crippen LogP contribution in [0.3, 0.4) is 0 Å². The van der Waals surface area contributed by atoms with Crippen molar-refractivity contribution in [1.82, 2.24) is 0 Å². The quantitative estimate of drug-likeness (QED) is 0.326. The zero-order chi connectivity index (χ0) is 30.3. The van der Waals surface area contributed by atoms with Gasteiger partial charge in [0.2, 0.25) is 0 Å². The summed E-state index contributed by atoms with van der Waals surface area (Å²) in [5, 5.41) is 9.96. The molecule has 0 radical (unpaired) electrons. The lowest BCUT2D eigenvalue weighted by Crippen LogP contribution is -2.59. The summed E-state index contributed by atoms with van der Waals surface area (Å²) in [4.78, 5) is 48.1. The second kappa shape index (κ2) is 13.9. The molecule has 41 heavy (non-hydrogen) atoms. The Labute approximate surface area is 239 Å². The van der Waals surface area contributed by atoms with Crippen molar-refractivity contribution in [3.8, 4) is 6.07 Å². The van der Waals surface area contributed by atoms with Crippen LogP contribution in [-0.4, -0.2) is 54.9 Å².